The van der Waals surface area contributed by atoms with Gasteiger partial charge in [-0.25, -0.2) is 0 Å². The second kappa shape index (κ2) is 3.47. The normalized spacial score (nSPS) is 19.0. The minimum absolute atomic E-state index is 0.205. The highest BCUT2D eigenvalue weighted by atomic mass is 32.2. The summed E-state index contributed by atoms with van der Waals surface area (Å²) in [7, 11) is -1.46. The standard InChI is InChI=1S/C8H11BN2O2S/c1-4-2-3-5(9(12)13)6-7(4)14-8(10)11-6/h2-3,8,11-13H,10H2,1H3. The molecule has 1 aromatic carbocycles. The fourth-order valence-electron chi connectivity index (χ4n) is 1.52. The average molecular weight is 210 g/mol. The van der Waals surface area contributed by atoms with E-state index in [1.54, 1.807) is 6.07 Å². The van der Waals surface area contributed by atoms with Crippen LogP contribution in [0.15, 0.2) is 17.0 Å². The van der Waals surface area contributed by atoms with E-state index in [1.807, 2.05) is 13.0 Å². The molecule has 74 valence electrons. The molecule has 1 atom stereocenters. The zero-order chi connectivity index (χ0) is 10.3. The van der Waals surface area contributed by atoms with Crippen molar-refractivity contribution < 1.29 is 10.0 Å². The van der Waals surface area contributed by atoms with Crippen LogP contribution >= 0.6 is 11.8 Å². The van der Waals surface area contributed by atoms with Crippen molar-refractivity contribution >= 4 is 30.0 Å². The first kappa shape index (κ1) is 9.85. The van der Waals surface area contributed by atoms with Crippen LogP contribution in [0.3, 0.4) is 0 Å². The number of nitrogens with one attached hydrogen (secondary N) is 1. The van der Waals surface area contributed by atoms with Gasteiger partial charge in [-0.1, -0.05) is 23.9 Å². The lowest BCUT2D eigenvalue weighted by atomic mass is 9.78. The molecule has 1 aliphatic rings. The van der Waals surface area contributed by atoms with E-state index in [9.17, 15) is 0 Å². The predicted molar refractivity (Wildman–Crippen MR) is 58.5 cm³/mol. The third-order valence-corrected chi connectivity index (χ3v) is 3.33. The summed E-state index contributed by atoms with van der Waals surface area (Å²) in [5, 5.41) is 21.3. The predicted octanol–water partition coefficient (Wildman–Crippen LogP) is -0.565. The summed E-state index contributed by atoms with van der Waals surface area (Å²) >= 11 is 1.49. The van der Waals surface area contributed by atoms with E-state index in [-0.39, 0.29) is 5.50 Å². The Balaban J connectivity index is 2.53. The molecule has 14 heavy (non-hydrogen) atoms. The molecule has 1 aliphatic heterocycles. The van der Waals surface area contributed by atoms with E-state index in [2.05, 4.69) is 5.32 Å². The fraction of sp³-hybridized carbons (Fsp3) is 0.250. The quantitative estimate of drug-likeness (QED) is 0.467. The zero-order valence-corrected chi connectivity index (χ0v) is 8.51. The smallest absolute Gasteiger partial charge is 0.423 e. The molecule has 0 bridgehead atoms. The van der Waals surface area contributed by atoms with Crippen LogP contribution < -0.4 is 16.5 Å². The lowest BCUT2D eigenvalue weighted by Gasteiger charge is -2.09. The molecule has 0 amide bonds. The number of anilines is 1. The van der Waals surface area contributed by atoms with Crippen molar-refractivity contribution in [3.8, 4) is 0 Å². The van der Waals surface area contributed by atoms with Gasteiger partial charge in [0.05, 0.1) is 0 Å². The highest BCUT2D eigenvalue weighted by molar-refractivity contribution is 8.00. The van der Waals surface area contributed by atoms with Crippen LogP contribution in [0.2, 0.25) is 0 Å². The maximum atomic E-state index is 9.13. The average Bonchev–Trinajstić information content (AvgIpc) is 2.47. The summed E-state index contributed by atoms with van der Waals surface area (Å²) in [6, 6.07) is 3.56. The molecular weight excluding hydrogens is 199 g/mol. The highest BCUT2D eigenvalue weighted by Gasteiger charge is 2.26. The van der Waals surface area contributed by atoms with E-state index < -0.39 is 7.12 Å². The monoisotopic (exact) mass is 210 g/mol. The van der Waals surface area contributed by atoms with Crippen LogP contribution in [-0.2, 0) is 0 Å². The molecule has 0 aliphatic carbocycles. The Morgan fingerprint density at radius 3 is 2.86 bits per heavy atom. The van der Waals surface area contributed by atoms with Crippen molar-refractivity contribution in [1.82, 2.24) is 0 Å². The minimum atomic E-state index is -1.46. The molecule has 0 aromatic heterocycles. The summed E-state index contributed by atoms with van der Waals surface area (Å²) in [5.41, 5.74) is 7.82. The first-order chi connectivity index (χ1) is 6.59. The van der Waals surface area contributed by atoms with Crippen molar-refractivity contribution in [2.45, 2.75) is 17.3 Å². The van der Waals surface area contributed by atoms with Gasteiger partial charge in [-0.2, -0.15) is 0 Å². The molecular formula is C8H11BN2O2S. The number of rotatable bonds is 1. The van der Waals surface area contributed by atoms with Gasteiger partial charge < -0.3 is 21.1 Å². The second-order valence-corrected chi connectivity index (χ2v) is 4.38. The van der Waals surface area contributed by atoms with Gasteiger partial charge in [-0.3, -0.25) is 0 Å². The Morgan fingerprint density at radius 1 is 1.50 bits per heavy atom. The molecule has 5 N–H and O–H groups in total. The summed E-state index contributed by atoms with van der Waals surface area (Å²) < 4.78 is 0. The van der Waals surface area contributed by atoms with Crippen LogP contribution in [-0.4, -0.2) is 22.7 Å². The zero-order valence-electron chi connectivity index (χ0n) is 7.69. The Morgan fingerprint density at radius 2 is 2.21 bits per heavy atom. The summed E-state index contributed by atoms with van der Waals surface area (Å²) in [4.78, 5) is 1.00. The van der Waals surface area contributed by atoms with Gasteiger partial charge >= 0.3 is 7.12 Å². The lowest BCUT2D eigenvalue weighted by molar-refractivity contribution is 0.426. The molecule has 1 aromatic rings. The van der Waals surface area contributed by atoms with Crippen LogP contribution in [0.4, 0.5) is 5.69 Å². The van der Waals surface area contributed by atoms with Gasteiger partial charge in [0.15, 0.2) is 0 Å². The third-order valence-electron chi connectivity index (χ3n) is 2.20. The van der Waals surface area contributed by atoms with Crippen molar-refractivity contribution in [1.29, 1.82) is 0 Å². The molecule has 0 saturated carbocycles. The Kier molecular flexibility index (Phi) is 2.44. The molecule has 0 saturated heterocycles. The highest BCUT2D eigenvalue weighted by Crippen LogP contribution is 2.37. The molecule has 0 fully saturated rings. The van der Waals surface area contributed by atoms with Gasteiger partial charge in [-0.05, 0) is 12.5 Å². The van der Waals surface area contributed by atoms with E-state index in [0.717, 1.165) is 16.1 Å². The SMILES string of the molecule is Cc1ccc(B(O)O)c2c1SC(N)N2. The molecule has 1 heterocycles. The molecule has 6 heteroatoms. The maximum Gasteiger partial charge on any atom is 0.490 e. The van der Waals surface area contributed by atoms with E-state index >= 15 is 0 Å². The first-order valence-corrected chi connectivity index (χ1v) is 5.16. The number of aryl methyl sites for hydroxylation is 1. The largest absolute Gasteiger partial charge is 0.490 e. The van der Waals surface area contributed by atoms with Crippen molar-refractivity contribution in [2.75, 3.05) is 5.32 Å². The van der Waals surface area contributed by atoms with Gasteiger partial charge in [0.1, 0.15) is 5.50 Å². The van der Waals surface area contributed by atoms with Crippen molar-refractivity contribution in [3.05, 3.63) is 17.7 Å². The minimum Gasteiger partial charge on any atom is -0.423 e. The van der Waals surface area contributed by atoms with E-state index in [4.69, 9.17) is 15.8 Å². The third kappa shape index (κ3) is 1.50. The fourth-order valence-corrected chi connectivity index (χ4v) is 2.50. The van der Waals surface area contributed by atoms with Crippen molar-refractivity contribution in [3.63, 3.8) is 0 Å². The lowest BCUT2D eigenvalue weighted by Crippen LogP contribution is -2.33. The van der Waals surface area contributed by atoms with Crippen LogP contribution in [0, 0.1) is 6.92 Å². The van der Waals surface area contributed by atoms with E-state index in [1.165, 1.54) is 11.8 Å². The number of hydrogen-bond donors (Lipinski definition) is 4. The topological polar surface area (TPSA) is 78.5 Å². The van der Waals surface area contributed by atoms with Crippen molar-refractivity contribution in [2.24, 2.45) is 5.73 Å². The van der Waals surface area contributed by atoms with Gasteiger partial charge in [0, 0.05) is 16.0 Å². The van der Waals surface area contributed by atoms with Gasteiger partial charge in [-0.15, -0.1) is 0 Å². The molecule has 0 radical (unpaired) electrons. The first-order valence-electron chi connectivity index (χ1n) is 4.28. The number of benzene rings is 1. The van der Waals surface area contributed by atoms with Gasteiger partial charge in [0.2, 0.25) is 0 Å². The molecule has 2 rings (SSSR count). The summed E-state index contributed by atoms with van der Waals surface area (Å²) in [6.45, 7) is 1.97. The van der Waals surface area contributed by atoms with E-state index in [0.29, 0.717) is 5.46 Å². The maximum absolute atomic E-state index is 9.13. The van der Waals surface area contributed by atoms with Crippen LogP contribution in [0.25, 0.3) is 0 Å². The number of nitrogens with two attached hydrogens (primary N) is 1. The molecule has 1 unspecified atom stereocenters. The van der Waals surface area contributed by atoms with Crippen LogP contribution in [0.1, 0.15) is 5.56 Å². The number of thioether (sulfide) groups is 1. The second-order valence-electron chi connectivity index (χ2n) is 3.23. The summed E-state index contributed by atoms with van der Waals surface area (Å²) in [6.07, 6.45) is 0. The number of fused-ring (bicyclic) bond motifs is 1. The van der Waals surface area contributed by atoms with Crippen LogP contribution in [0.5, 0.6) is 0 Å². The molecule has 4 nitrogen and oxygen atoms in total. The Labute approximate surface area is 86.6 Å². The Bertz CT molecular complexity index is 373. The number of hydrogen-bond acceptors (Lipinski definition) is 5. The summed E-state index contributed by atoms with van der Waals surface area (Å²) in [5.74, 6) is 0. The van der Waals surface area contributed by atoms with Gasteiger partial charge in [0.25, 0.3) is 0 Å². The Hall–Kier alpha value is -0.685. The molecule has 0 spiro atoms.